The Morgan fingerprint density at radius 2 is 2.00 bits per heavy atom. The van der Waals surface area contributed by atoms with Crippen LogP contribution in [0.4, 0.5) is 0 Å². The Labute approximate surface area is 106 Å². The first kappa shape index (κ1) is 14.9. The third-order valence-electron chi connectivity index (χ3n) is 4.50. The number of aliphatic hydroxyl groups is 2. The van der Waals surface area contributed by atoms with Crippen molar-refractivity contribution >= 4 is 0 Å². The Hall–Kier alpha value is -0.120. The van der Waals surface area contributed by atoms with Crippen LogP contribution in [0.3, 0.4) is 0 Å². The number of aliphatic hydroxyl groups excluding tert-OH is 1. The number of rotatable bonds is 6. The Kier molecular flexibility index (Phi) is 5.42. The molecular formula is C14H29NO2. The van der Waals surface area contributed by atoms with Gasteiger partial charge >= 0.3 is 0 Å². The summed E-state index contributed by atoms with van der Waals surface area (Å²) in [7, 11) is 0. The van der Waals surface area contributed by atoms with Gasteiger partial charge in [0.25, 0.3) is 0 Å². The Morgan fingerprint density at radius 1 is 1.35 bits per heavy atom. The zero-order valence-corrected chi connectivity index (χ0v) is 11.6. The smallest absolute Gasteiger partial charge is 0.0766 e. The Balaban J connectivity index is 2.57. The zero-order chi connectivity index (χ0) is 12.9. The summed E-state index contributed by atoms with van der Waals surface area (Å²) in [6.45, 7) is 7.05. The minimum absolute atomic E-state index is 0.157. The molecule has 0 aromatic heterocycles. The lowest BCUT2D eigenvalue weighted by Crippen LogP contribution is -2.56. The van der Waals surface area contributed by atoms with Crippen LogP contribution in [0.1, 0.15) is 59.3 Å². The highest BCUT2D eigenvalue weighted by Crippen LogP contribution is 2.32. The van der Waals surface area contributed by atoms with Crippen molar-refractivity contribution in [1.82, 2.24) is 5.32 Å². The van der Waals surface area contributed by atoms with Crippen LogP contribution >= 0.6 is 0 Å². The second-order valence-electron chi connectivity index (χ2n) is 5.92. The molecular weight excluding hydrogens is 214 g/mol. The average Bonchev–Trinajstić information content (AvgIpc) is 2.36. The van der Waals surface area contributed by atoms with Crippen LogP contribution in [0.5, 0.6) is 0 Å². The SMILES string of the molecule is CCC(O)(CC)CNC1(CO)CCCC(C)C1. The maximum atomic E-state index is 10.3. The van der Waals surface area contributed by atoms with Gasteiger partial charge in [-0.2, -0.15) is 0 Å². The first-order valence-electron chi connectivity index (χ1n) is 7.07. The summed E-state index contributed by atoms with van der Waals surface area (Å²) in [6.07, 6.45) is 5.99. The van der Waals surface area contributed by atoms with Crippen molar-refractivity contribution in [3.8, 4) is 0 Å². The zero-order valence-electron chi connectivity index (χ0n) is 11.6. The van der Waals surface area contributed by atoms with Crippen LogP contribution in [-0.4, -0.2) is 34.5 Å². The van der Waals surface area contributed by atoms with E-state index in [1.54, 1.807) is 0 Å². The van der Waals surface area contributed by atoms with Gasteiger partial charge in [-0.05, 0) is 31.6 Å². The highest BCUT2D eigenvalue weighted by molar-refractivity contribution is 4.94. The van der Waals surface area contributed by atoms with Crippen molar-refractivity contribution in [2.24, 2.45) is 5.92 Å². The maximum absolute atomic E-state index is 10.3. The maximum Gasteiger partial charge on any atom is 0.0766 e. The van der Waals surface area contributed by atoms with Gasteiger partial charge in [-0.3, -0.25) is 0 Å². The summed E-state index contributed by atoms with van der Waals surface area (Å²) >= 11 is 0. The van der Waals surface area contributed by atoms with Crippen molar-refractivity contribution in [2.75, 3.05) is 13.2 Å². The van der Waals surface area contributed by atoms with Gasteiger partial charge in [0.2, 0.25) is 0 Å². The molecule has 1 aliphatic carbocycles. The van der Waals surface area contributed by atoms with Crippen LogP contribution in [-0.2, 0) is 0 Å². The molecule has 0 heterocycles. The quantitative estimate of drug-likeness (QED) is 0.669. The van der Waals surface area contributed by atoms with Crippen LogP contribution in [0.15, 0.2) is 0 Å². The molecule has 0 amide bonds. The lowest BCUT2D eigenvalue weighted by Gasteiger charge is -2.42. The van der Waals surface area contributed by atoms with E-state index in [2.05, 4.69) is 12.2 Å². The van der Waals surface area contributed by atoms with Gasteiger partial charge in [0.1, 0.15) is 0 Å². The van der Waals surface area contributed by atoms with E-state index in [1.165, 1.54) is 12.8 Å². The molecule has 0 aliphatic heterocycles. The van der Waals surface area contributed by atoms with Crippen LogP contribution in [0, 0.1) is 5.92 Å². The number of β-amino-alcohol motifs (C(OH)–C–C–N with tert-alkyl or cyclic N) is 1. The van der Waals surface area contributed by atoms with Gasteiger partial charge in [0.15, 0.2) is 0 Å². The fourth-order valence-electron chi connectivity index (χ4n) is 2.87. The summed E-state index contributed by atoms with van der Waals surface area (Å²) in [5.41, 5.74) is -0.779. The van der Waals surface area contributed by atoms with Crippen molar-refractivity contribution in [3.05, 3.63) is 0 Å². The molecule has 0 aromatic carbocycles. The normalized spacial score (nSPS) is 30.5. The minimum atomic E-state index is -0.622. The molecule has 1 rings (SSSR count). The molecule has 0 radical (unpaired) electrons. The molecule has 1 saturated carbocycles. The fourth-order valence-corrected chi connectivity index (χ4v) is 2.87. The van der Waals surface area contributed by atoms with Crippen LogP contribution < -0.4 is 5.32 Å². The minimum Gasteiger partial charge on any atom is -0.394 e. The van der Waals surface area contributed by atoms with E-state index >= 15 is 0 Å². The highest BCUT2D eigenvalue weighted by Gasteiger charge is 2.36. The largest absolute Gasteiger partial charge is 0.394 e. The second kappa shape index (κ2) is 6.17. The van der Waals surface area contributed by atoms with E-state index < -0.39 is 5.60 Å². The number of hydrogen-bond acceptors (Lipinski definition) is 3. The van der Waals surface area contributed by atoms with E-state index in [4.69, 9.17) is 0 Å². The average molecular weight is 243 g/mol. The summed E-state index contributed by atoms with van der Waals surface area (Å²) in [6, 6.07) is 0. The molecule has 0 bridgehead atoms. The van der Waals surface area contributed by atoms with Crippen molar-refractivity contribution in [3.63, 3.8) is 0 Å². The van der Waals surface area contributed by atoms with Gasteiger partial charge in [-0.25, -0.2) is 0 Å². The van der Waals surface area contributed by atoms with E-state index in [0.29, 0.717) is 12.5 Å². The molecule has 0 aromatic rings. The fraction of sp³-hybridized carbons (Fsp3) is 1.00. The summed E-state index contributed by atoms with van der Waals surface area (Å²) < 4.78 is 0. The van der Waals surface area contributed by atoms with E-state index in [9.17, 15) is 10.2 Å². The first-order valence-corrected chi connectivity index (χ1v) is 7.07. The Bertz CT molecular complexity index is 228. The third-order valence-corrected chi connectivity index (χ3v) is 4.50. The highest BCUT2D eigenvalue weighted by atomic mass is 16.3. The summed E-state index contributed by atoms with van der Waals surface area (Å²) in [5, 5.41) is 23.4. The number of nitrogens with one attached hydrogen (secondary N) is 1. The van der Waals surface area contributed by atoms with E-state index in [1.807, 2.05) is 13.8 Å². The molecule has 2 unspecified atom stereocenters. The van der Waals surface area contributed by atoms with E-state index in [0.717, 1.165) is 25.7 Å². The molecule has 102 valence electrons. The second-order valence-corrected chi connectivity index (χ2v) is 5.92. The van der Waals surface area contributed by atoms with Gasteiger partial charge in [0.05, 0.1) is 12.2 Å². The first-order chi connectivity index (χ1) is 7.99. The summed E-state index contributed by atoms with van der Waals surface area (Å²) in [4.78, 5) is 0. The predicted octanol–water partition coefficient (Wildman–Crippen LogP) is 2.07. The van der Waals surface area contributed by atoms with Crippen LogP contribution in [0.2, 0.25) is 0 Å². The van der Waals surface area contributed by atoms with Gasteiger partial charge in [-0.1, -0.05) is 33.6 Å². The van der Waals surface area contributed by atoms with Gasteiger partial charge in [-0.15, -0.1) is 0 Å². The predicted molar refractivity (Wildman–Crippen MR) is 71.0 cm³/mol. The molecule has 17 heavy (non-hydrogen) atoms. The molecule has 1 fully saturated rings. The lowest BCUT2D eigenvalue weighted by molar-refractivity contribution is 0.00930. The van der Waals surface area contributed by atoms with Crippen LogP contribution in [0.25, 0.3) is 0 Å². The monoisotopic (exact) mass is 243 g/mol. The molecule has 3 N–H and O–H groups in total. The molecule has 2 atom stereocenters. The van der Waals surface area contributed by atoms with Crippen molar-refractivity contribution in [1.29, 1.82) is 0 Å². The van der Waals surface area contributed by atoms with Crippen molar-refractivity contribution < 1.29 is 10.2 Å². The molecule has 0 saturated heterocycles. The lowest BCUT2D eigenvalue weighted by atomic mass is 9.76. The third kappa shape index (κ3) is 3.94. The summed E-state index contributed by atoms with van der Waals surface area (Å²) in [5.74, 6) is 0.666. The topological polar surface area (TPSA) is 52.5 Å². The van der Waals surface area contributed by atoms with Crippen molar-refractivity contribution in [2.45, 2.75) is 70.4 Å². The molecule has 3 heteroatoms. The molecule has 3 nitrogen and oxygen atoms in total. The standard InChI is InChI=1S/C14H29NO2/c1-4-14(17,5-2)10-15-13(11-16)8-6-7-12(3)9-13/h12,15-17H,4-11H2,1-3H3. The Morgan fingerprint density at radius 3 is 2.47 bits per heavy atom. The van der Waals surface area contributed by atoms with E-state index in [-0.39, 0.29) is 12.1 Å². The number of hydrogen-bond donors (Lipinski definition) is 3. The van der Waals surface area contributed by atoms with Gasteiger partial charge in [0, 0.05) is 12.1 Å². The van der Waals surface area contributed by atoms with Gasteiger partial charge < -0.3 is 15.5 Å². The molecule has 0 spiro atoms. The molecule has 1 aliphatic rings.